The van der Waals surface area contributed by atoms with Gasteiger partial charge in [-0.25, -0.2) is 0 Å². The second kappa shape index (κ2) is 27.3. The van der Waals surface area contributed by atoms with Gasteiger partial charge in [-0.2, -0.15) is 11.3 Å². The van der Waals surface area contributed by atoms with Gasteiger partial charge in [0.1, 0.15) is 12.9 Å². The maximum Gasteiger partial charge on any atom is 0.147 e. The summed E-state index contributed by atoms with van der Waals surface area (Å²) >= 11 is 3.99. The van der Waals surface area contributed by atoms with Crippen molar-refractivity contribution >= 4 is 23.1 Å². The second-order valence-electron chi connectivity index (χ2n) is 32.2. The molecule has 21 rings (SSSR count). The van der Waals surface area contributed by atoms with E-state index in [0.717, 1.165) is 112 Å². The average Bonchev–Trinajstić information content (AvgIpc) is 3.47. The highest BCUT2D eigenvalue weighted by atomic mass is 32.2. The fourth-order valence-electron chi connectivity index (χ4n) is 22.7. The molecule has 7 heterocycles. The van der Waals surface area contributed by atoms with Crippen LogP contribution in [0.4, 0.5) is 0 Å². The van der Waals surface area contributed by atoms with Crippen molar-refractivity contribution in [3.63, 3.8) is 0 Å². The lowest BCUT2D eigenvalue weighted by atomic mass is 9.74. The third kappa shape index (κ3) is 13.3. The van der Waals surface area contributed by atoms with Gasteiger partial charge >= 0.3 is 0 Å². The molecule has 12 fully saturated rings. The van der Waals surface area contributed by atoms with Crippen molar-refractivity contribution in [2.75, 3.05) is 13.8 Å². The molecule has 0 bridgehead atoms. The normalized spacial score (nSPS) is 42.5. The second-order valence-corrected chi connectivity index (χ2v) is 34.1. The van der Waals surface area contributed by atoms with Gasteiger partial charge in [0.15, 0.2) is 0 Å². The molecule has 0 amide bonds. The van der Waals surface area contributed by atoms with Crippen LogP contribution in [0.5, 0.6) is 0 Å². The van der Waals surface area contributed by atoms with Crippen molar-refractivity contribution in [1.29, 1.82) is 0 Å². The van der Waals surface area contributed by atoms with Crippen LogP contribution in [0.25, 0.3) is 0 Å². The smallest absolute Gasteiger partial charge is 0.147 e. The molecule has 11 saturated carbocycles. The van der Waals surface area contributed by atoms with Crippen LogP contribution in [-0.2, 0) is 59.8 Å². The number of allylic oxidation sites excluding steroid dienone is 1. The highest BCUT2D eigenvalue weighted by Gasteiger charge is 2.45. The zero-order valence-electron chi connectivity index (χ0n) is 53.4. The van der Waals surface area contributed by atoms with Gasteiger partial charge in [-0.1, -0.05) is 108 Å². The Balaban J connectivity index is 0.0000000848. The number of furan rings is 1. The lowest BCUT2D eigenvalue weighted by molar-refractivity contribution is 0.0385. The largest absolute Gasteiger partial charge is 0.498 e. The molecule has 22 atom stereocenters. The Morgan fingerprint density at radius 2 is 0.814 bits per heavy atom. The van der Waals surface area contributed by atoms with Gasteiger partial charge in [0.05, 0.1) is 31.0 Å². The van der Waals surface area contributed by atoms with Crippen LogP contribution >= 0.6 is 23.1 Å². The maximum atomic E-state index is 5.58. The molecule has 3 aromatic rings. The molecule has 22 unspecified atom stereocenters. The molecular formula is C78H112N2O4S2. The molecule has 470 valence electrons. The molecule has 6 nitrogen and oxygen atoms in total. The number of thiophene rings is 1. The number of thioether (sulfide) groups is 1. The molecule has 14 aliphatic carbocycles. The fraction of sp³-hybridized carbons (Fsp3) is 0.769. The Hall–Kier alpha value is -2.65. The SMILES string of the molecule is C1=CC2CC3CCCC3CC2O1.C1=CC2CC3CCCC3CC2S1.C1CC2CC3OCOC3CC2C1.CN1C=CC2CC3CCCC3CC21.Cn1cc2c(c1)CC1CCCC1C2.c1occ2c1CC1CCCC1C2.c1scc2c1CC1CCCC1C2. The lowest BCUT2D eigenvalue weighted by Crippen LogP contribution is -2.37. The minimum atomic E-state index is 0.448. The summed E-state index contributed by atoms with van der Waals surface area (Å²) in [6.45, 7) is 0.550. The molecular weight excluding hydrogens is 1090 g/mol. The van der Waals surface area contributed by atoms with Gasteiger partial charge in [0.25, 0.3) is 0 Å². The summed E-state index contributed by atoms with van der Waals surface area (Å²) in [4.78, 5) is 2.44. The van der Waals surface area contributed by atoms with E-state index in [1.807, 2.05) is 30.1 Å². The van der Waals surface area contributed by atoms with Gasteiger partial charge in [0.2, 0.25) is 0 Å². The predicted molar refractivity (Wildman–Crippen MR) is 354 cm³/mol. The molecule has 86 heavy (non-hydrogen) atoms. The van der Waals surface area contributed by atoms with Crippen LogP contribution in [0, 0.1) is 101 Å². The van der Waals surface area contributed by atoms with Gasteiger partial charge in [-0.3, -0.25) is 0 Å². The summed E-state index contributed by atoms with van der Waals surface area (Å²) in [5.74, 6) is 17.1. The van der Waals surface area contributed by atoms with Crippen molar-refractivity contribution in [2.45, 2.75) is 254 Å². The highest BCUT2D eigenvalue weighted by molar-refractivity contribution is 8.03. The molecule has 0 aromatic carbocycles. The van der Waals surface area contributed by atoms with Crippen molar-refractivity contribution in [3.8, 4) is 0 Å². The monoisotopic (exact) mass is 1200 g/mol. The van der Waals surface area contributed by atoms with Crippen LogP contribution in [0.15, 0.2) is 76.2 Å². The van der Waals surface area contributed by atoms with E-state index in [1.165, 1.54) is 236 Å². The van der Waals surface area contributed by atoms with Crippen LogP contribution in [-0.4, -0.2) is 52.9 Å². The molecule has 18 aliphatic rings. The van der Waals surface area contributed by atoms with Crippen molar-refractivity contribution in [1.82, 2.24) is 9.47 Å². The summed E-state index contributed by atoms with van der Waals surface area (Å²) in [6, 6.07) is 0.861. The lowest BCUT2D eigenvalue weighted by Gasteiger charge is -2.37. The first-order valence-corrected chi connectivity index (χ1v) is 38.7. The van der Waals surface area contributed by atoms with E-state index in [4.69, 9.17) is 18.6 Å². The van der Waals surface area contributed by atoms with Crippen LogP contribution < -0.4 is 0 Å². The average molecular weight is 1210 g/mol. The zero-order chi connectivity index (χ0) is 57.5. The quantitative estimate of drug-likeness (QED) is 0.224. The summed E-state index contributed by atoms with van der Waals surface area (Å²) in [7, 11) is 4.39. The van der Waals surface area contributed by atoms with Gasteiger partial charge in [-0.05, 0) is 285 Å². The minimum Gasteiger partial charge on any atom is -0.498 e. The molecule has 0 N–H and O–H groups in total. The van der Waals surface area contributed by atoms with Gasteiger partial charge in [-0.15, -0.1) is 11.8 Å². The maximum absolute atomic E-state index is 5.58. The van der Waals surface area contributed by atoms with Crippen LogP contribution in [0.1, 0.15) is 220 Å². The van der Waals surface area contributed by atoms with E-state index >= 15 is 0 Å². The van der Waals surface area contributed by atoms with Gasteiger partial charge in [0, 0.05) is 43.7 Å². The molecule has 0 spiro atoms. The third-order valence-corrected chi connectivity index (χ3v) is 29.5. The highest BCUT2D eigenvalue weighted by Crippen LogP contribution is 2.53. The number of hydrogen-bond acceptors (Lipinski definition) is 7. The number of aryl methyl sites for hydroxylation is 1. The molecule has 3 aromatic heterocycles. The summed E-state index contributed by atoms with van der Waals surface area (Å²) in [5.41, 5.74) is 9.57. The van der Waals surface area contributed by atoms with E-state index in [9.17, 15) is 0 Å². The Kier molecular flexibility index (Phi) is 18.9. The van der Waals surface area contributed by atoms with Crippen molar-refractivity contribution in [3.05, 3.63) is 105 Å². The number of hydrogen-bond donors (Lipinski definition) is 0. The molecule has 1 saturated heterocycles. The predicted octanol–water partition coefficient (Wildman–Crippen LogP) is 19.3. The topological polar surface area (TPSA) is 49.0 Å². The van der Waals surface area contributed by atoms with E-state index in [-0.39, 0.29) is 0 Å². The number of ether oxygens (including phenoxy) is 3. The van der Waals surface area contributed by atoms with Crippen LogP contribution in [0.2, 0.25) is 0 Å². The van der Waals surface area contributed by atoms with E-state index < -0.39 is 0 Å². The van der Waals surface area contributed by atoms with E-state index in [0.29, 0.717) is 25.1 Å². The first-order chi connectivity index (χ1) is 42.3. The van der Waals surface area contributed by atoms with Gasteiger partial charge < -0.3 is 28.1 Å². The number of nitrogens with zero attached hydrogens (tertiary/aromatic N) is 2. The fourth-order valence-corrected chi connectivity index (χ4v) is 24.9. The first kappa shape index (κ1) is 59.6. The Bertz CT molecular complexity index is 2540. The standard InChI is InChI=1S/C12H17N.C12H19N.C11H14O.C11H16O.C11H14S.C11H16S.C10H16O2/c1-13-7-11-5-9-3-2-4-10(9)6-12(11)8-13;1-13-6-5-11-7-9-3-2-4-10(9)8-12(11)13;1-2-8-4-10-6-12-7-11(10)5-9(8)3-1;1-2-8-6-10-4-5-12-11(10)7-9(8)3-1;1-2-8-4-10-6-12-7-11(10)5-9(8)3-1;1-2-8-6-10-4-5-12-11(10)7-9(8)3-1;1-2-7-4-9-10(12-6-11-9)5-8(7)3-1/h7-10H,2-6H2,1H3;5-6,9-12H,2-4,7-8H2,1H3;6-9H,1-5H2;4-5,8-11H,1-3,6-7H2;6-9H,1-5H2;4-5,8-11H,1-3,6-7H2;7-10H,1-6H2. The number of fused-ring (bicyclic) bond motifs is 14. The first-order valence-electron chi connectivity index (χ1n) is 36.8. The Morgan fingerprint density at radius 3 is 1.34 bits per heavy atom. The molecule has 4 aliphatic heterocycles. The molecule has 8 heteroatoms. The summed E-state index contributed by atoms with van der Waals surface area (Å²) in [5, 5.41) is 8.05. The summed E-state index contributed by atoms with van der Waals surface area (Å²) < 4.78 is 24.1. The van der Waals surface area contributed by atoms with E-state index in [1.54, 1.807) is 22.3 Å². The van der Waals surface area contributed by atoms with E-state index in [2.05, 4.69) is 88.3 Å². The summed E-state index contributed by atoms with van der Waals surface area (Å²) in [6.07, 6.45) is 71.9. The molecule has 0 radical (unpaired) electrons. The Labute approximate surface area is 529 Å². The van der Waals surface area contributed by atoms with Crippen LogP contribution in [0.3, 0.4) is 0 Å². The third-order valence-electron chi connectivity index (χ3n) is 27.5. The number of rotatable bonds is 0. The number of aromatic nitrogens is 1. The Morgan fingerprint density at radius 1 is 0.395 bits per heavy atom. The van der Waals surface area contributed by atoms with Crippen molar-refractivity contribution in [2.24, 2.45) is 108 Å². The zero-order valence-corrected chi connectivity index (χ0v) is 55.1. The van der Waals surface area contributed by atoms with Crippen molar-refractivity contribution < 1.29 is 18.6 Å². The minimum absolute atomic E-state index is 0.448.